The number of fused-ring (bicyclic) bond motifs is 6. The summed E-state index contributed by atoms with van der Waals surface area (Å²) >= 11 is 5.93. The van der Waals surface area contributed by atoms with Gasteiger partial charge in [-0.1, -0.05) is 29.8 Å². The minimum atomic E-state index is -4.53. The highest BCUT2D eigenvalue weighted by atomic mass is 35.5. The molecule has 0 fully saturated rings. The fraction of sp³-hybridized carbons (Fsp3) is 0.136. The second-order valence-corrected chi connectivity index (χ2v) is 9.10. The summed E-state index contributed by atoms with van der Waals surface area (Å²) in [7, 11) is -4.53. The molecule has 0 aromatic heterocycles. The van der Waals surface area contributed by atoms with Crippen LogP contribution in [-0.2, 0) is 14.8 Å². The van der Waals surface area contributed by atoms with Gasteiger partial charge in [0.25, 0.3) is 10.0 Å². The summed E-state index contributed by atoms with van der Waals surface area (Å²) in [6.07, 6.45) is 0. The van der Waals surface area contributed by atoms with E-state index < -0.39 is 32.5 Å². The third-order valence-corrected chi connectivity index (χ3v) is 6.53. The lowest BCUT2D eigenvalue weighted by Crippen LogP contribution is -2.16. The largest absolute Gasteiger partial charge is 0.505 e. The zero-order valence-corrected chi connectivity index (χ0v) is 18.3. The van der Waals surface area contributed by atoms with Crippen LogP contribution in [0.3, 0.4) is 0 Å². The number of hydrogen-bond donors (Lipinski definition) is 2. The molecule has 0 radical (unpaired) electrons. The van der Waals surface area contributed by atoms with Crippen LogP contribution in [0, 0.1) is 12.7 Å². The van der Waals surface area contributed by atoms with Gasteiger partial charge in [0.05, 0.1) is 16.3 Å². The number of cyclic esters (lactones) is 1. The molecule has 2 N–H and O–H groups in total. The molecule has 1 heterocycles. The van der Waals surface area contributed by atoms with Gasteiger partial charge >= 0.3 is 5.97 Å². The molecule has 4 rings (SSSR count). The third kappa shape index (κ3) is 4.09. The Hall–Kier alpha value is -3.30. The first-order valence-corrected chi connectivity index (χ1v) is 11.3. The predicted molar refractivity (Wildman–Crippen MR) is 116 cm³/mol. The smallest absolute Gasteiger partial charge is 0.338 e. The third-order valence-electron chi connectivity index (χ3n) is 4.86. The van der Waals surface area contributed by atoms with E-state index in [2.05, 4.69) is 4.72 Å². The van der Waals surface area contributed by atoms with E-state index in [4.69, 9.17) is 21.1 Å². The second-order valence-electron chi connectivity index (χ2n) is 7.04. The van der Waals surface area contributed by atoms with E-state index in [0.717, 1.165) is 12.1 Å². The number of anilines is 1. The molecule has 7 nitrogen and oxygen atoms in total. The Morgan fingerprint density at radius 1 is 1.06 bits per heavy atom. The first kappa shape index (κ1) is 21.9. The van der Waals surface area contributed by atoms with Crippen molar-refractivity contribution in [2.45, 2.75) is 11.8 Å². The lowest BCUT2D eigenvalue weighted by molar-refractivity contribution is 0.0450. The first-order chi connectivity index (χ1) is 15.2. The van der Waals surface area contributed by atoms with E-state index in [1.54, 1.807) is 31.2 Å². The Kier molecular flexibility index (Phi) is 5.70. The van der Waals surface area contributed by atoms with Gasteiger partial charge in [0.2, 0.25) is 0 Å². The number of rotatable bonds is 0. The highest BCUT2D eigenvalue weighted by molar-refractivity contribution is 7.92. The average molecular weight is 478 g/mol. The molecule has 1 aliphatic rings. The minimum Gasteiger partial charge on any atom is -0.505 e. The van der Waals surface area contributed by atoms with Crippen molar-refractivity contribution in [2.75, 3.05) is 17.9 Å². The second kappa shape index (κ2) is 8.33. The Labute approximate surface area is 188 Å². The van der Waals surface area contributed by atoms with Crippen LogP contribution in [0.25, 0.3) is 11.1 Å². The molecule has 1 aliphatic heterocycles. The van der Waals surface area contributed by atoms with Crippen molar-refractivity contribution in [2.24, 2.45) is 0 Å². The highest BCUT2D eigenvalue weighted by Gasteiger charge is 2.26. The molecule has 0 saturated heterocycles. The standard InChI is InChI=1S/C22H17ClFNO6S/c1-12-8-17(24)18-11-15(12)14-4-2-3-5-19(14)30-6-7-31-22(27)13-9-16(23)21(26)20(10-13)32(28,29)25-18/h2-5,8-11,25-26H,6-7H2,1H3. The summed E-state index contributed by atoms with van der Waals surface area (Å²) in [6, 6.07) is 11.5. The summed E-state index contributed by atoms with van der Waals surface area (Å²) in [5, 5.41) is 9.85. The van der Waals surface area contributed by atoms with Gasteiger partial charge < -0.3 is 14.6 Å². The molecule has 3 aromatic carbocycles. The number of sulfonamides is 1. The number of phenolic OH excluding ortho intramolecular Hbond substituents is 1. The van der Waals surface area contributed by atoms with Crippen molar-refractivity contribution in [3.05, 3.63) is 70.5 Å². The number of para-hydroxylation sites is 1. The predicted octanol–water partition coefficient (Wildman–Crippen LogP) is 4.51. The lowest BCUT2D eigenvalue weighted by Gasteiger charge is -2.16. The SMILES string of the molecule is Cc1cc(F)c2cc1-c1ccccc1OCCOC(=O)c1cc(Cl)c(O)c(c1)S(=O)(=O)N2. The van der Waals surface area contributed by atoms with Crippen molar-refractivity contribution in [3.8, 4) is 22.6 Å². The fourth-order valence-corrected chi connectivity index (χ4v) is 4.80. The molecule has 32 heavy (non-hydrogen) atoms. The number of aryl methyl sites for hydroxylation is 1. The van der Waals surface area contributed by atoms with E-state index in [1.165, 1.54) is 12.1 Å². The van der Waals surface area contributed by atoms with Crippen molar-refractivity contribution in [1.29, 1.82) is 0 Å². The number of hydrogen-bond acceptors (Lipinski definition) is 6. The van der Waals surface area contributed by atoms with Gasteiger partial charge in [-0.2, -0.15) is 0 Å². The van der Waals surface area contributed by atoms with Crippen LogP contribution >= 0.6 is 11.6 Å². The summed E-state index contributed by atoms with van der Waals surface area (Å²) in [5.41, 5.74) is 1.12. The molecule has 0 saturated carbocycles. The Morgan fingerprint density at radius 3 is 2.56 bits per heavy atom. The molecule has 3 aromatic rings. The van der Waals surface area contributed by atoms with Gasteiger partial charge in [0, 0.05) is 5.56 Å². The van der Waals surface area contributed by atoms with Crippen LogP contribution in [0.1, 0.15) is 15.9 Å². The molecular weight excluding hydrogens is 461 g/mol. The molecule has 0 amide bonds. The number of esters is 1. The van der Waals surface area contributed by atoms with E-state index in [0.29, 0.717) is 22.4 Å². The molecule has 0 aliphatic carbocycles. The van der Waals surface area contributed by atoms with Gasteiger partial charge in [-0.15, -0.1) is 0 Å². The quantitative estimate of drug-likeness (QED) is 0.462. The number of carbonyl (C=O) groups is 1. The van der Waals surface area contributed by atoms with Crippen molar-refractivity contribution in [1.82, 2.24) is 0 Å². The summed E-state index contributed by atoms with van der Waals surface area (Å²) in [6.45, 7) is 1.57. The van der Waals surface area contributed by atoms with Gasteiger partial charge in [0.1, 0.15) is 29.7 Å². The normalized spacial score (nSPS) is 15.3. The first-order valence-electron chi connectivity index (χ1n) is 9.42. The van der Waals surface area contributed by atoms with Crippen molar-refractivity contribution < 1.29 is 32.2 Å². The van der Waals surface area contributed by atoms with Gasteiger partial charge in [-0.25, -0.2) is 17.6 Å². The lowest BCUT2D eigenvalue weighted by atomic mass is 9.99. The summed E-state index contributed by atoms with van der Waals surface area (Å²) in [5.74, 6) is -2.01. The van der Waals surface area contributed by atoms with E-state index in [-0.39, 0.29) is 29.5 Å². The zero-order chi connectivity index (χ0) is 23.0. The Morgan fingerprint density at radius 2 is 1.78 bits per heavy atom. The fourth-order valence-electron chi connectivity index (χ4n) is 3.32. The van der Waals surface area contributed by atoms with Gasteiger partial charge in [-0.3, -0.25) is 4.72 Å². The number of phenols is 1. The molecular formula is C22H17ClFNO6S. The van der Waals surface area contributed by atoms with Gasteiger partial charge in [0.15, 0.2) is 5.75 Å². The van der Waals surface area contributed by atoms with Crippen molar-refractivity contribution >= 4 is 33.3 Å². The Balaban J connectivity index is 1.93. The average Bonchev–Trinajstić information content (AvgIpc) is 2.74. The molecule has 0 spiro atoms. The van der Waals surface area contributed by atoms with Crippen LogP contribution in [-0.4, -0.2) is 32.7 Å². The molecule has 0 unspecified atom stereocenters. The van der Waals surface area contributed by atoms with Gasteiger partial charge in [-0.05, 0) is 48.4 Å². The van der Waals surface area contributed by atoms with Crippen LogP contribution in [0.5, 0.6) is 11.5 Å². The monoisotopic (exact) mass is 477 g/mol. The molecule has 166 valence electrons. The van der Waals surface area contributed by atoms with Crippen LogP contribution < -0.4 is 9.46 Å². The number of halogens is 2. The topological polar surface area (TPSA) is 102 Å². The molecule has 4 bridgehead atoms. The van der Waals surface area contributed by atoms with E-state index in [1.807, 2.05) is 0 Å². The maximum Gasteiger partial charge on any atom is 0.338 e. The number of benzene rings is 3. The highest BCUT2D eigenvalue weighted by Crippen LogP contribution is 2.37. The number of ether oxygens (including phenoxy) is 2. The Bertz CT molecular complexity index is 1340. The molecule has 10 heteroatoms. The zero-order valence-electron chi connectivity index (χ0n) is 16.7. The van der Waals surface area contributed by atoms with E-state index in [9.17, 15) is 22.7 Å². The van der Waals surface area contributed by atoms with Crippen LogP contribution in [0.4, 0.5) is 10.1 Å². The summed E-state index contributed by atoms with van der Waals surface area (Å²) in [4.78, 5) is 11.7. The number of carbonyl (C=O) groups excluding carboxylic acids is 1. The van der Waals surface area contributed by atoms with Crippen LogP contribution in [0.15, 0.2) is 53.4 Å². The van der Waals surface area contributed by atoms with Crippen LogP contribution in [0.2, 0.25) is 5.02 Å². The number of nitrogens with one attached hydrogen (secondary N) is 1. The van der Waals surface area contributed by atoms with E-state index >= 15 is 0 Å². The molecule has 0 atom stereocenters. The maximum absolute atomic E-state index is 14.7. The summed E-state index contributed by atoms with van der Waals surface area (Å²) < 4.78 is 53.7. The van der Waals surface area contributed by atoms with Crippen molar-refractivity contribution in [3.63, 3.8) is 0 Å². The maximum atomic E-state index is 14.7. The number of aromatic hydroxyl groups is 1. The minimum absolute atomic E-state index is 0.0189.